The first-order valence-corrected chi connectivity index (χ1v) is 16.4. The summed E-state index contributed by atoms with van der Waals surface area (Å²) in [6.07, 6.45) is 0. The highest BCUT2D eigenvalue weighted by atomic mass is 16.3. The molecule has 0 saturated heterocycles. The van der Waals surface area contributed by atoms with Gasteiger partial charge in [0.05, 0.1) is 5.69 Å². The van der Waals surface area contributed by atoms with Crippen molar-refractivity contribution in [2.24, 2.45) is 0 Å². The number of hydrogen-bond acceptors (Lipinski definition) is 2. The van der Waals surface area contributed by atoms with Gasteiger partial charge in [-0.3, -0.25) is 0 Å². The van der Waals surface area contributed by atoms with Crippen LogP contribution in [0.1, 0.15) is 0 Å². The Labute approximate surface area is 279 Å². The first kappa shape index (κ1) is 27.9. The summed E-state index contributed by atoms with van der Waals surface area (Å²) in [7, 11) is 0. The first-order chi connectivity index (χ1) is 23.8. The smallest absolute Gasteiger partial charge is 0.136 e. The molecule has 0 bridgehead atoms. The Hall–Kier alpha value is -6.38. The van der Waals surface area contributed by atoms with Crippen LogP contribution in [0.2, 0.25) is 0 Å². The third-order valence-electron chi connectivity index (χ3n) is 9.26. The highest BCUT2D eigenvalue weighted by Crippen LogP contribution is 2.44. The quantitative estimate of drug-likeness (QED) is 0.185. The lowest BCUT2D eigenvalue weighted by atomic mass is 9.94. The summed E-state index contributed by atoms with van der Waals surface area (Å²) in [6, 6.07) is 66.8. The van der Waals surface area contributed by atoms with Crippen LogP contribution in [0.15, 0.2) is 192 Å². The molecule has 2 nitrogen and oxygen atoms in total. The van der Waals surface area contributed by atoms with Crippen LogP contribution in [-0.4, -0.2) is 0 Å². The molecule has 0 radical (unpaired) electrons. The monoisotopic (exact) mass is 613 g/mol. The third-order valence-corrected chi connectivity index (χ3v) is 9.26. The van der Waals surface area contributed by atoms with E-state index in [-0.39, 0.29) is 0 Å². The molecule has 0 saturated carbocycles. The van der Waals surface area contributed by atoms with Crippen LogP contribution in [0.4, 0.5) is 17.1 Å². The molecule has 0 spiro atoms. The van der Waals surface area contributed by atoms with Gasteiger partial charge >= 0.3 is 0 Å². The predicted octanol–water partition coefficient (Wildman–Crippen LogP) is 13.2. The van der Waals surface area contributed by atoms with Gasteiger partial charge in [0, 0.05) is 27.7 Å². The zero-order valence-corrected chi connectivity index (χ0v) is 26.3. The predicted molar refractivity (Wildman–Crippen MR) is 202 cm³/mol. The summed E-state index contributed by atoms with van der Waals surface area (Å²) in [6.45, 7) is 0. The molecule has 9 aromatic rings. The standard InChI is InChI=1S/C46H31NO/c1-4-14-32(15-5-1)35-26-29-43(42(30-35)33-16-6-2-7-17-33)47(36-18-8-3-9-19-36)37-27-24-34(25-28-37)41-31-45-46(39-21-11-10-20-38(39)41)40-22-12-13-23-44(40)48-45/h1-31H. The molecule has 0 N–H and O–H groups in total. The topological polar surface area (TPSA) is 16.4 Å². The average Bonchev–Trinajstić information content (AvgIpc) is 3.55. The van der Waals surface area contributed by atoms with Crippen LogP contribution < -0.4 is 4.90 Å². The van der Waals surface area contributed by atoms with Gasteiger partial charge in [-0.15, -0.1) is 0 Å². The Balaban J connectivity index is 1.21. The van der Waals surface area contributed by atoms with E-state index < -0.39 is 0 Å². The van der Waals surface area contributed by atoms with E-state index in [1.165, 1.54) is 38.4 Å². The number of anilines is 3. The number of fused-ring (bicyclic) bond motifs is 5. The van der Waals surface area contributed by atoms with E-state index in [0.29, 0.717) is 0 Å². The average molecular weight is 614 g/mol. The maximum atomic E-state index is 6.39. The van der Waals surface area contributed by atoms with E-state index >= 15 is 0 Å². The Morgan fingerprint density at radius 3 is 1.60 bits per heavy atom. The molecule has 1 heterocycles. The van der Waals surface area contributed by atoms with Crippen molar-refractivity contribution >= 4 is 49.8 Å². The van der Waals surface area contributed by atoms with Gasteiger partial charge in [0.1, 0.15) is 11.2 Å². The lowest BCUT2D eigenvalue weighted by Crippen LogP contribution is -2.11. The molecule has 0 aliphatic rings. The molecule has 0 fully saturated rings. The minimum absolute atomic E-state index is 0.908. The Bertz CT molecular complexity index is 2530. The van der Waals surface area contributed by atoms with Gasteiger partial charge in [-0.25, -0.2) is 0 Å². The number of furan rings is 1. The lowest BCUT2D eigenvalue weighted by Gasteiger charge is -2.28. The zero-order chi connectivity index (χ0) is 31.9. The minimum Gasteiger partial charge on any atom is -0.456 e. The number of nitrogens with zero attached hydrogens (tertiary/aromatic N) is 1. The van der Waals surface area contributed by atoms with Gasteiger partial charge < -0.3 is 9.32 Å². The normalized spacial score (nSPS) is 11.3. The molecule has 0 unspecified atom stereocenters. The molecule has 1 aromatic heterocycles. The fraction of sp³-hybridized carbons (Fsp3) is 0. The Morgan fingerprint density at radius 1 is 0.333 bits per heavy atom. The number of benzene rings is 8. The summed E-state index contributed by atoms with van der Waals surface area (Å²) < 4.78 is 6.39. The molecule has 0 aliphatic carbocycles. The summed E-state index contributed by atoms with van der Waals surface area (Å²) in [5.74, 6) is 0. The summed E-state index contributed by atoms with van der Waals surface area (Å²) >= 11 is 0. The van der Waals surface area contributed by atoms with E-state index in [9.17, 15) is 0 Å². The van der Waals surface area contributed by atoms with Gasteiger partial charge in [-0.05, 0) is 87.1 Å². The van der Waals surface area contributed by atoms with Crippen LogP contribution >= 0.6 is 0 Å². The summed E-state index contributed by atoms with van der Waals surface area (Å²) in [5, 5.41) is 4.74. The van der Waals surface area contributed by atoms with Gasteiger partial charge in [0.15, 0.2) is 0 Å². The van der Waals surface area contributed by atoms with E-state index in [0.717, 1.165) is 44.7 Å². The van der Waals surface area contributed by atoms with Crippen molar-refractivity contribution in [1.29, 1.82) is 0 Å². The highest BCUT2D eigenvalue weighted by Gasteiger charge is 2.19. The fourth-order valence-corrected chi connectivity index (χ4v) is 7.01. The minimum atomic E-state index is 0.908. The maximum Gasteiger partial charge on any atom is 0.136 e. The lowest BCUT2D eigenvalue weighted by molar-refractivity contribution is 0.669. The second-order valence-electron chi connectivity index (χ2n) is 12.1. The van der Waals surface area contributed by atoms with Crippen molar-refractivity contribution in [3.8, 4) is 33.4 Å². The van der Waals surface area contributed by atoms with Crippen molar-refractivity contribution in [2.75, 3.05) is 4.90 Å². The van der Waals surface area contributed by atoms with Crippen LogP contribution in [0, 0.1) is 0 Å². The Morgan fingerprint density at radius 2 is 0.875 bits per heavy atom. The van der Waals surface area contributed by atoms with Crippen molar-refractivity contribution in [3.05, 3.63) is 188 Å². The molecule has 2 heteroatoms. The Kier molecular flexibility index (Phi) is 6.84. The largest absolute Gasteiger partial charge is 0.456 e. The van der Waals surface area contributed by atoms with Crippen LogP contribution in [0.3, 0.4) is 0 Å². The molecule has 0 aliphatic heterocycles. The number of hydrogen-bond donors (Lipinski definition) is 0. The summed E-state index contributed by atoms with van der Waals surface area (Å²) in [4.78, 5) is 2.36. The molecule has 226 valence electrons. The van der Waals surface area contributed by atoms with Gasteiger partial charge in [0.2, 0.25) is 0 Å². The van der Waals surface area contributed by atoms with Crippen LogP contribution in [0.5, 0.6) is 0 Å². The van der Waals surface area contributed by atoms with Crippen LogP contribution in [0.25, 0.3) is 66.1 Å². The van der Waals surface area contributed by atoms with Crippen LogP contribution in [-0.2, 0) is 0 Å². The molecule has 48 heavy (non-hydrogen) atoms. The van der Waals surface area contributed by atoms with Gasteiger partial charge in [-0.1, -0.05) is 140 Å². The number of rotatable bonds is 6. The van der Waals surface area contributed by atoms with Gasteiger partial charge in [-0.2, -0.15) is 0 Å². The molecule has 0 amide bonds. The SMILES string of the molecule is c1ccc(-c2ccc(N(c3ccccc3)c3ccc(-c4cc5oc6ccccc6c5c5ccccc45)cc3)c(-c3ccccc3)c2)cc1. The van der Waals surface area contributed by atoms with Crippen molar-refractivity contribution < 1.29 is 4.42 Å². The van der Waals surface area contributed by atoms with Crippen molar-refractivity contribution in [1.82, 2.24) is 0 Å². The van der Waals surface area contributed by atoms with E-state index in [2.05, 4.69) is 181 Å². The van der Waals surface area contributed by atoms with E-state index in [4.69, 9.17) is 4.42 Å². The zero-order valence-electron chi connectivity index (χ0n) is 26.3. The van der Waals surface area contributed by atoms with E-state index in [1.54, 1.807) is 0 Å². The fourth-order valence-electron chi connectivity index (χ4n) is 7.01. The first-order valence-electron chi connectivity index (χ1n) is 16.4. The van der Waals surface area contributed by atoms with E-state index in [1.807, 2.05) is 12.1 Å². The molecular formula is C46H31NO. The second kappa shape index (κ2) is 11.8. The van der Waals surface area contributed by atoms with Crippen molar-refractivity contribution in [2.45, 2.75) is 0 Å². The molecular weight excluding hydrogens is 583 g/mol. The highest BCUT2D eigenvalue weighted by molar-refractivity contribution is 6.22. The molecule has 0 atom stereocenters. The summed E-state index contributed by atoms with van der Waals surface area (Å²) in [5.41, 5.74) is 12.2. The third kappa shape index (κ3) is 4.83. The van der Waals surface area contributed by atoms with Crippen molar-refractivity contribution in [3.63, 3.8) is 0 Å². The number of para-hydroxylation sites is 2. The molecule has 9 rings (SSSR count). The molecule has 8 aromatic carbocycles. The second-order valence-corrected chi connectivity index (χ2v) is 12.1. The van der Waals surface area contributed by atoms with Gasteiger partial charge in [0.25, 0.3) is 0 Å². The maximum absolute atomic E-state index is 6.39.